The SMILES string of the molecule is CCOP(=O)(OCC)C(CC(C)OC1CCCCO1)C(=O)O. The van der Waals surface area contributed by atoms with Gasteiger partial charge in [-0.25, -0.2) is 0 Å². The summed E-state index contributed by atoms with van der Waals surface area (Å²) in [6.07, 6.45) is 2.13. The third-order valence-corrected chi connectivity index (χ3v) is 5.79. The van der Waals surface area contributed by atoms with Gasteiger partial charge < -0.3 is 23.6 Å². The van der Waals surface area contributed by atoms with E-state index in [0.717, 1.165) is 19.3 Å². The van der Waals surface area contributed by atoms with Crippen LogP contribution in [0.1, 0.15) is 46.5 Å². The number of hydrogen-bond donors (Lipinski definition) is 1. The van der Waals surface area contributed by atoms with E-state index in [1.54, 1.807) is 20.8 Å². The van der Waals surface area contributed by atoms with Crippen molar-refractivity contribution < 1.29 is 33.0 Å². The van der Waals surface area contributed by atoms with Gasteiger partial charge in [-0.05, 0) is 46.5 Å². The van der Waals surface area contributed by atoms with Crippen molar-refractivity contribution in [3.63, 3.8) is 0 Å². The van der Waals surface area contributed by atoms with Gasteiger partial charge in [0.2, 0.25) is 0 Å². The maximum Gasteiger partial charge on any atom is 0.344 e. The monoisotopic (exact) mass is 338 g/mol. The van der Waals surface area contributed by atoms with E-state index in [4.69, 9.17) is 18.5 Å². The Kier molecular flexibility index (Phi) is 8.57. The molecule has 8 heteroatoms. The lowest BCUT2D eigenvalue weighted by Gasteiger charge is -2.29. The summed E-state index contributed by atoms with van der Waals surface area (Å²) in [6, 6.07) is 0. The lowest BCUT2D eigenvalue weighted by molar-refractivity contribution is -0.186. The molecule has 0 aromatic heterocycles. The quantitative estimate of drug-likeness (QED) is 0.612. The fourth-order valence-corrected chi connectivity index (χ4v) is 4.37. The summed E-state index contributed by atoms with van der Waals surface area (Å²) in [5.74, 6) is -1.20. The van der Waals surface area contributed by atoms with Crippen LogP contribution in [0.15, 0.2) is 0 Å². The zero-order chi connectivity index (χ0) is 16.6. The predicted molar refractivity (Wildman–Crippen MR) is 81.0 cm³/mol. The van der Waals surface area contributed by atoms with Gasteiger partial charge >= 0.3 is 13.6 Å². The van der Waals surface area contributed by atoms with Crippen molar-refractivity contribution in [1.29, 1.82) is 0 Å². The third-order valence-electron chi connectivity index (χ3n) is 3.36. The van der Waals surface area contributed by atoms with E-state index in [2.05, 4.69) is 0 Å². The first-order valence-electron chi connectivity index (χ1n) is 7.81. The van der Waals surface area contributed by atoms with E-state index < -0.39 is 25.3 Å². The topological polar surface area (TPSA) is 91.3 Å². The lowest BCUT2D eigenvalue weighted by atomic mass is 10.2. The van der Waals surface area contributed by atoms with Crippen LogP contribution in [0.25, 0.3) is 0 Å². The van der Waals surface area contributed by atoms with Crippen molar-refractivity contribution in [2.75, 3.05) is 19.8 Å². The number of aliphatic carboxylic acids is 1. The summed E-state index contributed by atoms with van der Waals surface area (Å²) in [4.78, 5) is 11.5. The minimum Gasteiger partial charge on any atom is -0.481 e. The minimum absolute atomic E-state index is 0.0481. The maximum absolute atomic E-state index is 12.7. The highest BCUT2D eigenvalue weighted by Crippen LogP contribution is 2.54. The van der Waals surface area contributed by atoms with Crippen LogP contribution in [-0.4, -0.2) is 48.9 Å². The molecule has 22 heavy (non-hydrogen) atoms. The second-order valence-corrected chi connectivity index (χ2v) is 7.43. The molecule has 1 aliphatic heterocycles. The van der Waals surface area contributed by atoms with Gasteiger partial charge in [0.15, 0.2) is 11.9 Å². The van der Waals surface area contributed by atoms with Gasteiger partial charge in [-0.15, -0.1) is 0 Å². The Morgan fingerprint density at radius 1 is 1.32 bits per heavy atom. The molecule has 1 rings (SSSR count). The van der Waals surface area contributed by atoms with Crippen molar-refractivity contribution in [3.05, 3.63) is 0 Å². The number of carbonyl (C=O) groups is 1. The molecule has 1 saturated heterocycles. The first-order valence-corrected chi connectivity index (χ1v) is 9.42. The Morgan fingerprint density at radius 3 is 2.41 bits per heavy atom. The Labute approximate surface area is 131 Å². The first kappa shape index (κ1) is 19.6. The van der Waals surface area contributed by atoms with Crippen LogP contribution in [0.2, 0.25) is 0 Å². The molecule has 0 saturated carbocycles. The molecule has 7 nitrogen and oxygen atoms in total. The molecule has 0 amide bonds. The highest BCUT2D eigenvalue weighted by Gasteiger charge is 2.42. The maximum atomic E-state index is 12.7. The van der Waals surface area contributed by atoms with Crippen LogP contribution in [0.5, 0.6) is 0 Å². The standard InChI is InChI=1S/C14H27O7P/c1-4-19-22(17,20-5-2)12(14(15)16)10-11(3)21-13-8-6-7-9-18-13/h11-13H,4-10H2,1-3H3,(H,15,16). The molecule has 0 aliphatic carbocycles. The number of hydrogen-bond acceptors (Lipinski definition) is 6. The van der Waals surface area contributed by atoms with E-state index in [1.165, 1.54) is 0 Å². The molecule has 1 fully saturated rings. The molecule has 130 valence electrons. The van der Waals surface area contributed by atoms with Gasteiger partial charge in [0.25, 0.3) is 0 Å². The van der Waals surface area contributed by atoms with Crippen molar-refractivity contribution in [2.45, 2.75) is 64.5 Å². The van der Waals surface area contributed by atoms with Gasteiger partial charge in [0, 0.05) is 6.61 Å². The molecule has 1 N–H and O–H groups in total. The van der Waals surface area contributed by atoms with E-state index in [0.29, 0.717) is 6.61 Å². The minimum atomic E-state index is -3.71. The fourth-order valence-electron chi connectivity index (χ4n) is 2.39. The van der Waals surface area contributed by atoms with Crippen molar-refractivity contribution in [1.82, 2.24) is 0 Å². The summed E-state index contributed by atoms with van der Waals surface area (Å²) < 4.78 is 34.1. The molecule has 0 aromatic rings. The second-order valence-electron chi connectivity index (χ2n) is 5.21. The molecular formula is C14H27O7P. The molecule has 0 spiro atoms. The molecule has 0 aromatic carbocycles. The molecule has 3 atom stereocenters. The van der Waals surface area contributed by atoms with Crippen LogP contribution in [0.4, 0.5) is 0 Å². The Bertz CT molecular complexity index is 371. The first-order chi connectivity index (χ1) is 10.4. The van der Waals surface area contributed by atoms with Crippen LogP contribution in [0, 0.1) is 0 Å². The number of rotatable bonds is 10. The van der Waals surface area contributed by atoms with Gasteiger partial charge in [-0.1, -0.05) is 0 Å². The van der Waals surface area contributed by atoms with Crippen LogP contribution in [0.3, 0.4) is 0 Å². The Hall–Kier alpha value is -0.460. The molecular weight excluding hydrogens is 311 g/mol. The van der Waals surface area contributed by atoms with Crippen molar-refractivity contribution in [2.24, 2.45) is 0 Å². The average Bonchev–Trinajstić information content (AvgIpc) is 2.46. The Morgan fingerprint density at radius 2 is 1.95 bits per heavy atom. The average molecular weight is 338 g/mol. The van der Waals surface area contributed by atoms with Gasteiger partial charge in [0.1, 0.15) is 0 Å². The Balaban J connectivity index is 2.68. The van der Waals surface area contributed by atoms with E-state index >= 15 is 0 Å². The van der Waals surface area contributed by atoms with E-state index in [-0.39, 0.29) is 25.9 Å². The van der Waals surface area contributed by atoms with Crippen molar-refractivity contribution in [3.8, 4) is 0 Å². The summed E-state index contributed by atoms with van der Waals surface area (Å²) in [5, 5.41) is 9.40. The molecule has 0 bridgehead atoms. The van der Waals surface area contributed by atoms with Gasteiger partial charge in [-0.2, -0.15) is 0 Å². The largest absolute Gasteiger partial charge is 0.481 e. The fraction of sp³-hybridized carbons (Fsp3) is 0.929. The van der Waals surface area contributed by atoms with Gasteiger partial charge in [-0.3, -0.25) is 9.36 Å². The summed E-state index contributed by atoms with van der Waals surface area (Å²) in [5.41, 5.74) is -1.24. The molecule has 1 aliphatic rings. The van der Waals surface area contributed by atoms with E-state index in [1.807, 2.05) is 0 Å². The lowest BCUT2D eigenvalue weighted by Crippen LogP contribution is -2.32. The number of carboxylic acids is 1. The summed E-state index contributed by atoms with van der Waals surface area (Å²) in [7, 11) is -3.71. The van der Waals surface area contributed by atoms with Crippen LogP contribution >= 0.6 is 7.60 Å². The molecule has 0 radical (unpaired) electrons. The highest BCUT2D eigenvalue weighted by molar-refractivity contribution is 7.55. The van der Waals surface area contributed by atoms with Crippen LogP contribution in [-0.2, 0) is 27.9 Å². The normalized spacial score (nSPS) is 22.2. The third kappa shape index (κ3) is 5.97. The molecule has 3 unspecified atom stereocenters. The van der Waals surface area contributed by atoms with Gasteiger partial charge in [0.05, 0.1) is 19.3 Å². The van der Waals surface area contributed by atoms with E-state index in [9.17, 15) is 14.5 Å². The number of ether oxygens (including phenoxy) is 2. The zero-order valence-electron chi connectivity index (χ0n) is 13.5. The summed E-state index contributed by atoms with van der Waals surface area (Å²) >= 11 is 0. The zero-order valence-corrected chi connectivity index (χ0v) is 14.4. The highest BCUT2D eigenvalue weighted by atomic mass is 31.2. The van der Waals surface area contributed by atoms with Crippen LogP contribution < -0.4 is 0 Å². The van der Waals surface area contributed by atoms with Crippen molar-refractivity contribution >= 4 is 13.6 Å². The number of carboxylic acid groups (broad SMARTS) is 1. The predicted octanol–water partition coefficient (Wildman–Crippen LogP) is 3.03. The molecule has 1 heterocycles. The summed E-state index contributed by atoms with van der Waals surface area (Å²) in [6.45, 7) is 5.96. The smallest absolute Gasteiger partial charge is 0.344 e. The second kappa shape index (κ2) is 9.63.